The molecule has 0 unspecified atom stereocenters. The Morgan fingerprint density at radius 2 is 1.40 bits per heavy atom. The Kier molecular flexibility index (Phi) is 8.07. The zero-order valence-corrected chi connectivity index (χ0v) is 21.5. The molecule has 0 aromatic heterocycles. The molecule has 0 heterocycles. The molecule has 0 atom stereocenters. The van der Waals surface area contributed by atoms with Gasteiger partial charge in [0.15, 0.2) is 0 Å². The van der Waals surface area contributed by atoms with Crippen molar-refractivity contribution in [3.63, 3.8) is 0 Å². The van der Waals surface area contributed by atoms with Crippen molar-refractivity contribution < 1.29 is 4.74 Å². The Hall–Kier alpha value is 1.17. The van der Waals surface area contributed by atoms with Crippen LogP contribution in [0.1, 0.15) is 6.92 Å². The predicted octanol–water partition coefficient (Wildman–Crippen LogP) is 6.34. The van der Waals surface area contributed by atoms with Gasteiger partial charge in [-0.05, 0) is 0 Å². The molecule has 1 nitrogen and oxygen atoms in total. The van der Waals surface area contributed by atoms with E-state index in [1.165, 1.54) is 8.20 Å². The summed E-state index contributed by atoms with van der Waals surface area (Å²) in [6.45, 7) is 17.8. The second-order valence-electron chi connectivity index (χ2n) is 8.27. The van der Waals surface area contributed by atoms with Crippen LogP contribution in [-0.2, 0) is 4.74 Å². The standard InChI is InChI=1S/C14H32BrGeOPSi2/c1-11-17-12(15)13(16(2,3)4)18-14(19(5,6)7)20(8,9)10/h11H2,1-10H3/b13-12-. The summed E-state index contributed by atoms with van der Waals surface area (Å²) in [6.07, 6.45) is 0. The zero-order chi connectivity index (χ0) is 16.4. The summed E-state index contributed by atoms with van der Waals surface area (Å²) >= 11 is 1.80. The molecule has 0 saturated heterocycles. The summed E-state index contributed by atoms with van der Waals surface area (Å²) in [5, 5.41) is 0. The van der Waals surface area contributed by atoms with Crippen molar-refractivity contribution in [2.45, 2.75) is 63.5 Å². The van der Waals surface area contributed by atoms with E-state index in [1.54, 1.807) is 4.15 Å². The number of rotatable bonds is 6. The van der Waals surface area contributed by atoms with Crippen LogP contribution in [0.15, 0.2) is 8.82 Å². The Balaban J connectivity index is 6.08. The molecule has 118 valence electrons. The molecular formula is C14H32BrGeOPSi2. The average molecular weight is 456 g/mol. The molecular weight excluding hydrogens is 424 g/mol. The summed E-state index contributed by atoms with van der Waals surface area (Å²) in [7, 11) is -1.00. The van der Waals surface area contributed by atoms with Gasteiger partial charge < -0.3 is 0 Å². The van der Waals surface area contributed by atoms with Crippen molar-refractivity contribution in [3.05, 3.63) is 8.82 Å². The van der Waals surface area contributed by atoms with Gasteiger partial charge in [0, 0.05) is 0 Å². The van der Waals surface area contributed by atoms with Crippen molar-refractivity contribution in [1.82, 2.24) is 0 Å². The number of halogens is 1. The normalized spacial score (nSPS) is 15.2. The molecule has 0 radical (unpaired) electrons. The van der Waals surface area contributed by atoms with Crippen LogP contribution < -0.4 is 0 Å². The molecule has 0 aliphatic carbocycles. The third-order valence-corrected chi connectivity index (χ3v) is 24.8. The molecule has 0 aromatic rings. The van der Waals surface area contributed by atoms with E-state index in [0.717, 1.165) is 11.3 Å². The Labute approximate surface area is 141 Å². The third kappa shape index (κ3) is 6.95. The SMILES string of the molecule is CCO/C(Br)=[C](\P=C([Si](C)(C)C)[Si](C)(C)C)[Ge]([CH3])([CH3])[CH3]. The van der Waals surface area contributed by atoms with Crippen LogP contribution in [0, 0.1) is 0 Å². The third-order valence-electron chi connectivity index (χ3n) is 2.81. The molecule has 0 bridgehead atoms. The van der Waals surface area contributed by atoms with E-state index in [2.05, 4.69) is 79.4 Å². The van der Waals surface area contributed by atoms with Gasteiger partial charge in [-0.3, -0.25) is 0 Å². The van der Waals surface area contributed by atoms with Crippen LogP contribution in [0.3, 0.4) is 0 Å². The molecule has 0 amide bonds. The first-order valence-electron chi connectivity index (χ1n) is 7.34. The van der Waals surface area contributed by atoms with E-state index >= 15 is 0 Å². The van der Waals surface area contributed by atoms with E-state index in [-0.39, 0.29) is 0 Å². The van der Waals surface area contributed by atoms with Crippen LogP contribution in [0.5, 0.6) is 0 Å². The molecule has 0 fully saturated rings. The zero-order valence-electron chi connectivity index (χ0n) is 14.9. The Morgan fingerprint density at radius 1 is 1.00 bits per heavy atom. The van der Waals surface area contributed by atoms with Gasteiger partial charge in [0.1, 0.15) is 0 Å². The van der Waals surface area contributed by atoms with Crippen molar-refractivity contribution >= 4 is 58.1 Å². The molecule has 0 N–H and O–H groups in total. The summed E-state index contributed by atoms with van der Waals surface area (Å²) in [4.78, 5) is 0. The first-order chi connectivity index (χ1) is 8.71. The van der Waals surface area contributed by atoms with E-state index in [1.807, 2.05) is 4.54 Å². The Morgan fingerprint density at radius 3 is 1.65 bits per heavy atom. The van der Waals surface area contributed by atoms with E-state index in [0.29, 0.717) is 0 Å². The maximum atomic E-state index is 5.81. The fourth-order valence-electron chi connectivity index (χ4n) is 2.27. The average Bonchev–Trinajstić information content (AvgIpc) is 2.11. The molecule has 0 aliphatic rings. The fraction of sp³-hybridized carbons (Fsp3) is 0.786. The number of ether oxygens (including phenoxy) is 1. The van der Waals surface area contributed by atoms with Gasteiger partial charge in [0.25, 0.3) is 0 Å². The van der Waals surface area contributed by atoms with E-state index in [9.17, 15) is 0 Å². The van der Waals surface area contributed by atoms with E-state index < -0.39 is 29.4 Å². The first kappa shape index (κ1) is 21.2. The topological polar surface area (TPSA) is 9.23 Å². The monoisotopic (exact) mass is 456 g/mol. The minimum atomic E-state index is -1.92. The second kappa shape index (κ2) is 7.63. The first-order valence-corrected chi connectivity index (χ1v) is 23.4. The van der Waals surface area contributed by atoms with Crippen LogP contribution in [0.2, 0.25) is 56.6 Å². The summed E-state index contributed by atoms with van der Waals surface area (Å²) in [5.74, 6) is 7.40. The number of hydrogen-bond acceptors (Lipinski definition) is 1. The minimum absolute atomic E-state index is 0.743. The molecule has 0 aliphatic heterocycles. The van der Waals surface area contributed by atoms with Gasteiger partial charge >= 0.3 is 142 Å². The van der Waals surface area contributed by atoms with Crippen LogP contribution in [0.4, 0.5) is 0 Å². The predicted molar refractivity (Wildman–Crippen MR) is 110 cm³/mol. The van der Waals surface area contributed by atoms with Gasteiger partial charge in [-0.15, -0.1) is 0 Å². The molecule has 0 aromatic carbocycles. The quantitative estimate of drug-likeness (QED) is 0.258. The van der Waals surface area contributed by atoms with E-state index in [4.69, 9.17) is 4.74 Å². The summed E-state index contributed by atoms with van der Waals surface area (Å²) in [6, 6.07) is 0. The van der Waals surface area contributed by atoms with Gasteiger partial charge in [0.05, 0.1) is 0 Å². The van der Waals surface area contributed by atoms with Crippen molar-refractivity contribution in [2.24, 2.45) is 0 Å². The molecule has 0 spiro atoms. The van der Waals surface area contributed by atoms with Crippen molar-refractivity contribution in [2.75, 3.05) is 6.61 Å². The van der Waals surface area contributed by atoms with Gasteiger partial charge in [0.2, 0.25) is 0 Å². The van der Waals surface area contributed by atoms with Crippen LogP contribution in [0.25, 0.3) is 0 Å². The van der Waals surface area contributed by atoms with Crippen LogP contribution in [-0.4, -0.2) is 40.6 Å². The van der Waals surface area contributed by atoms with Crippen molar-refractivity contribution in [1.29, 1.82) is 0 Å². The molecule has 0 rings (SSSR count). The fourth-order valence-corrected chi connectivity index (χ4v) is 24.5. The van der Waals surface area contributed by atoms with Crippen molar-refractivity contribution in [3.8, 4) is 0 Å². The maximum absolute atomic E-state index is 5.81. The summed E-state index contributed by atoms with van der Waals surface area (Å²) < 4.78 is 10.3. The molecule has 6 heteroatoms. The van der Waals surface area contributed by atoms with Gasteiger partial charge in [-0.2, -0.15) is 0 Å². The van der Waals surface area contributed by atoms with Gasteiger partial charge in [-0.25, -0.2) is 0 Å². The summed E-state index contributed by atoms with van der Waals surface area (Å²) in [5.41, 5.74) is 0. The number of hydrogen-bond donors (Lipinski definition) is 0. The molecule has 0 saturated carbocycles. The Bertz CT molecular complexity index is 385. The molecule has 20 heavy (non-hydrogen) atoms. The van der Waals surface area contributed by atoms with Crippen LogP contribution >= 0.6 is 24.1 Å². The second-order valence-corrected chi connectivity index (χ2v) is 32.8. The van der Waals surface area contributed by atoms with Gasteiger partial charge in [-0.1, -0.05) is 0 Å².